The van der Waals surface area contributed by atoms with E-state index in [9.17, 15) is 9.59 Å². The topological polar surface area (TPSA) is 68.5 Å². The van der Waals surface area contributed by atoms with Crippen LogP contribution in [0.2, 0.25) is 0 Å². The van der Waals surface area contributed by atoms with E-state index in [4.69, 9.17) is 9.15 Å². The zero-order valence-electron chi connectivity index (χ0n) is 13.5. The van der Waals surface area contributed by atoms with Crippen molar-refractivity contribution < 1.29 is 13.9 Å². The second-order valence-corrected chi connectivity index (χ2v) is 5.32. The van der Waals surface area contributed by atoms with Gasteiger partial charge in [-0.3, -0.25) is 4.79 Å². The van der Waals surface area contributed by atoms with Gasteiger partial charge in [-0.1, -0.05) is 25.1 Å². The summed E-state index contributed by atoms with van der Waals surface area (Å²) in [6.07, 6.45) is 0.787. The first kappa shape index (κ1) is 15.8. The summed E-state index contributed by atoms with van der Waals surface area (Å²) in [4.78, 5) is 24.5. The Labute approximate surface area is 138 Å². The van der Waals surface area contributed by atoms with Crippen molar-refractivity contribution >= 4 is 22.4 Å². The lowest BCUT2D eigenvalue weighted by atomic mass is 10.1. The molecule has 5 heteroatoms. The minimum atomic E-state index is -0.552. The summed E-state index contributed by atoms with van der Waals surface area (Å²) < 4.78 is 10.3. The van der Waals surface area contributed by atoms with Gasteiger partial charge < -0.3 is 14.5 Å². The fraction of sp³-hybridized carbons (Fsp3) is 0.158. The monoisotopic (exact) mass is 323 g/mol. The van der Waals surface area contributed by atoms with Gasteiger partial charge in [0, 0.05) is 5.69 Å². The highest BCUT2D eigenvalue weighted by atomic mass is 16.5. The molecule has 24 heavy (non-hydrogen) atoms. The Morgan fingerprint density at radius 2 is 1.96 bits per heavy atom. The number of hydrogen-bond acceptors (Lipinski definition) is 4. The number of ether oxygens (including phenoxy) is 1. The maximum atomic E-state index is 12.5. The van der Waals surface area contributed by atoms with Crippen LogP contribution in [0.25, 0.3) is 10.8 Å². The largest absolute Gasteiger partial charge is 0.497 e. The molecule has 0 aliphatic rings. The maximum Gasteiger partial charge on any atom is 0.344 e. The van der Waals surface area contributed by atoms with E-state index in [2.05, 4.69) is 5.32 Å². The summed E-state index contributed by atoms with van der Waals surface area (Å²) >= 11 is 0. The van der Waals surface area contributed by atoms with Crippen LogP contribution in [0.1, 0.15) is 23.0 Å². The highest BCUT2D eigenvalue weighted by Gasteiger charge is 2.14. The maximum absolute atomic E-state index is 12.5. The third kappa shape index (κ3) is 3.01. The zero-order valence-corrected chi connectivity index (χ0v) is 13.5. The van der Waals surface area contributed by atoms with Crippen molar-refractivity contribution in [2.75, 3.05) is 12.4 Å². The number of amides is 1. The minimum Gasteiger partial charge on any atom is -0.497 e. The Bertz CT molecular complexity index is 959. The van der Waals surface area contributed by atoms with Crippen molar-refractivity contribution in [3.8, 4) is 5.75 Å². The van der Waals surface area contributed by atoms with Crippen molar-refractivity contribution in [3.63, 3.8) is 0 Å². The second kappa shape index (κ2) is 6.58. The summed E-state index contributed by atoms with van der Waals surface area (Å²) in [5, 5.41) is 3.80. The lowest BCUT2D eigenvalue weighted by Gasteiger charge is -2.09. The summed E-state index contributed by atoms with van der Waals surface area (Å²) in [7, 11) is 1.54. The number of fused-ring (bicyclic) bond motifs is 1. The Hall–Kier alpha value is -3.08. The van der Waals surface area contributed by atoms with Crippen LogP contribution >= 0.6 is 0 Å². The van der Waals surface area contributed by atoms with Crippen LogP contribution in [0.4, 0.5) is 5.69 Å². The number of rotatable bonds is 4. The normalized spacial score (nSPS) is 10.6. The van der Waals surface area contributed by atoms with Crippen LogP contribution in [0.15, 0.2) is 57.7 Å². The smallest absolute Gasteiger partial charge is 0.344 e. The number of para-hydroxylation sites is 1. The van der Waals surface area contributed by atoms with Crippen molar-refractivity contribution in [1.29, 1.82) is 0 Å². The standard InChI is InChI=1S/C19H17NO4/c1-3-12-6-4-5-7-16(12)20-18(21)17-11-13-10-14(23-2)8-9-15(13)19(22)24-17/h4-11H,3H2,1-2H3,(H,20,21). The number of aryl methyl sites for hydroxylation is 1. The second-order valence-electron chi connectivity index (χ2n) is 5.32. The number of carbonyl (C=O) groups excluding carboxylic acids is 1. The van der Waals surface area contributed by atoms with Crippen LogP contribution in [-0.2, 0) is 6.42 Å². The predicted octanol–water partition coefficient (Wildman–Crippen LogP) is 3.62. The molecule has 0 aliphatic carbocycles. The minimum absolute atomic E-state index is 0.0355. The number of hydrogen-bond donors (Lipinski definition) is 1. The van der Waals surface area contributed by atoms with Crippen LogP contribution in [0.5, 0.6) is 5.75 Å². The molecule has 0 atom stereocenters. The van der Waals surface area contributed by atoms with Gasteiger partial charge in [0.05, 0.1) is 12.5 Å². The van der Waals surface area contributed by atoms with Crippen LogP contribution in [0.3, 0.4) is 0 Å². The number of nitrogens with one attached hydrogen (secondary N) is 1. The van der Waals surface area contributed by atoms with Gasteiger partial charge >= 0.3 is 5.63 Å². The fourth-order valence-electron chi connectivity index (χ4n) is 2.55. The average molecular weight is 323 g/mol. The number of methoxy groups -OCH3 is 1. The molecule has 1 aromatic heterocycles. The van der Waals surface area contributed by atoms with Gasteiger partial charge in [-0.15, -0.1) is 0 Å². The molecule has 5 nitrogen and oxygen atoms in total. The van der Waals surface area contributed by atoms with E-state index in [1.54, 1.807) is 31.4 Å². The highest BCUT2D eigenvalue weighted by Crippen LogP contribution is 2.21. The number of anilines is 1. The van der Waals surface area contributed by atoms with Crippen LogP contribution < -0.4 is 15.7 Å². The predicted molar refractivity (Wildman–Crippen MR) is 92.8 cm³/mol. The molecule has 1 heterocycles. The summed E-state index contributed by atoms with van der Waals surface area (Å²) in [6, 6.07) is 14.1. The van der Waals surface area contributed by atoms with E-state index in [1.807, 2.05) is 31.2 Å². The van der Waals surface area contributed by atoms with E-state index < -0.39 is 11.5 Å². The van der Waals surface area contributed by atoms with Gasteiger partial charge in [0.1, 0.15) is 5.75 Å². The molecule has 3 rings (SSSR count). The first-order chi connectivity index (χ1) is 11.6. The molecule has 0 spiro atoms. The SMILES string of the molecule is CCc1ccccc1NC(=O)c1cc2cc(OC)ccc2c(=O)o1. The van der Waals surface area contributed by atoms with Crippen molar-refractivity contribution in [2.24, 2.45) is 0 Å². The average Bonchev–Trinajstić information content (AvgIpc) is 2.61. The van der Waals surface area contributed by atoms with Gasteiger partial charge in [0.25, 0.3) is 5.91 Å². The highest BCUT2D eigenvalue weighted by molar-refractivity contribution is 6.04. The van der Waals surface area contributed by atoms with E-state index in [0.29, 0.717) is 22.2 Å². The first-order valence-electron chi connectivity index (χ1n) is 7.63. The van der Waals surface area contributed by atoms with Gasteiger partial charge in [0.2, 0.25) is 0 Å². The molecule has 0 radical (unpaired) electrons. The molecule has 0 fully saturated rings. The van der Waals surface area contributed by atoms with Gasteiger partial charge in [0.15, 0.2) is 5.76 Å². The van der Waals surface area contributed by atoms with E-state index >= 15 is 0 Å². The molecule has 0 saturated heterocycles. The zero-order chi connectivity index (χ0) is 17.1. The Morgan fingerprint density at radius 1 is 1.17 bits per heavy atom. The lowest BCUT2D eigenvalue weighted by molar-refractivity contribution is 0.0993. The molecule has 0 unspecified atom stereocenters. The number of carbonyl (C=O) groups is 1. The molecular weight excluding hydrogens is 306 g/mol. The third-order valence-corrected chi connectivity index (χ3v) is 3.84. The Kier molecular flexibility index (Phi) is 4.33. The summed E-state index contributed by atoms with van der Waals surface area (Å²) in [5.74, 6) is 0.111. The molecule has 2 aromatic carbocycles. The summed E-state index contributed by atoms with van der Waals surface area (Å²) in [5.41, 5.74) is 1.16. The molecule has 1 N–H and O–H groups in total. The lowest BCUT2D eigenvalue weighted by Crippen LogP contribution is -2.15. The van der Waals surface area contributed by atoms with Crippen molar-refractivity contribution in [3.05, 3.63) is 70.3 Å². The Balaban J connectivity index is 1.99. The quantitative estimate of drug-likeness (QED) is 0.796. The van der Waals surface area contributed by atoms with Crippen molar-refractivity contribution in [2.45, 2.75) is 13.3 Å². The number of benzene rings is 2. The van der Waals surface area contributed by atoms with Crippen molar-refractivity contribution in [1.82, 2.24) is 0 Å². The van der Waals surface area contributed by atoms with Gasteiger partial charge in [-0.2, -0.15) is 0 Å². The molecule has 0 bridgehead atoms. The fourth-order valence-corrected chi connectivity index (χ4v) is 2.55. The molecule has 1 amide bonds. The van der Waals surface area contributed by atoms with Crippen LogP contribution in [-0.4, -0.2) is 13.0 Å². The van der Waals surface area contributed by atoms with E-state index in [-0.39, 0.29) is 5.76 Å². The molecular formula is C19H17NO4. The third-order valence-electron chi connectivity index (χ3n) is 3.84. The summed E-state index contributed by atoms with van der Waals surface area (Å²) in [6.45, 7) is 2.01. The van der Waals surface area contributed by atoms with E-state index in [0.717, 1.165) is 12.0 Å². The molecule has 0 aliphatic heterocycles. The first-order valence-corrected chi connectivity index (χ1v) is 7.63. The molecule has 0 saturated carbocycles. The Morgan fingerprint density at radius 3 is 2.71 bits per heavy atom. The molecule has 122 valence electrons. The van der Waals surface area contributed by atoms with E-state index in [1.165, 1.54) is 0 Å². The molecule has 3 aromatic rings. The van der Waals surface area contributed by atoms with Crippen LogP contribution in [0, 0.1) is 0 Å². The van der Waals surface area contributed by atoms with Gasteiger partial charge in [-0.25, -0.2) is 4.79 Å². The van der Waals surface area contributed by atoms with Gasteiger partial charge in [-0.05, 0) is 47.7 Å².